The molecule has 170 valence electrons. The van der Waals surface area contributed by atoms with Crippen molar-refractivity contribution < 1.29 is 19.1 Å². The molecule has 0 aliphatic heterocycles. The lowest BCUT2D eigenvalue weighted by molar-refractivity contribution is 0.0930. The molecule has 3 N–H and O–H groups in total. The molecule has 2 aromatic heterocycles. The molecule has 1 fully saturated rings. The van der Waals surface area contributed by atoms with Gasteiger partial charge < -0.3 is 15.7 Å². The molecule has 7 nitrogen and oxygen atoms in total. The van der Waals surface area contributed by atoms with Crippen LogP contribution in [0.2, 0.25) is 0 Å². The van der Waals surface area contributed by atoms with Gasteiger partial charge in [0.2, 0.25) is 5.95 Å². The highest BCUT2D eigenvalue weighted by Gasteiger charge is 2.34. The zero-order chi connectivity index (χ0) is 23.5. The van der Waals surface area contributed by atoms with E-state index >= 15 is 0 Å². The molecule has 1 aliphatic carbocycles. The van der Waals surface area contributed by atoms with Gasteiger partial charge in [-0.2, -0.15) is 4.39 Å². The van der Waals surface area contributed by atoms with Crippen LogP contribution in [0.3, 0.4) is 0 Å². The number of rotatable bonds is 7. The van der Waals surface area contributed by atoms with Crippen molar-refractivity contribution in [3.63, 3.8) is 0 Å². The summed E-state index contributed by atoms with van der Waals surface area (Å²) in [7, 11) is 0. The Balaban J connectivity index is 1.69. The van der Waals surface area contributed by atoms with Crippen molar-refractivity contribution in [2.24, 2.45) is 5.92 Å². The van der Waals surface area contributed by atoms with E-state index in [4.69, 9.17) is 5.11 Å². The second-order valence-electron chi connectivity index (χ2n) is 8.47. The number of aromatic nitrogens is 2. The lowest BCUT2D eigenvalue weighted by Crippen LogP contribution is -2.30. The van der Waals surface area contributed by atoms with Gasteiger partial charge >= 0.3 is 6.09 Å². The van der Waals surface area contributed by atoms with E-state index in [2.05, 4.69) is 20.6 Å². The van der Waals surface area contributed by atoms with Gasteiger partial charge in [0, 0.05) is 30.1 Å². The fourth-order valence-corrected chi connectivity index (χ4v) is 3.83. The number of pyridine rings is 2. The third kappa shape index (κ3) is 5.52. The maximum absolute atomic E-state index is 14.5. The van der Waals surface area contributed by atoms with Crippen LogP contribution in [0.5, 0.6) is 0 Å². The summed E-state index contributed by atoms with van der Waals surface area (Å²) < 4.78 is 14.5. The molecule has 4 rings (SSSR count). The number of benzene rings is 1. The van der Waals surface area contributed by atoms with Gasteiger partial charge in [-0.15, -0.1) is 0 Å². The predicted octanol–water partition coefficient (Wildman–Crippen LogP) is 4.55. The van der Waals surface area contributed by atoms with Crippen LogP contribution in [0.15, 0.2) is 48.8 Å². The van der Waals surface area contributed by atoms with E-state index in [9.17, 15) is 14.0 Å². The fraction of sp³-hybridized carbons (Fsp3) is 0.280. The number of carbonyl (C=O) groups is 2. The zero-order valence-corrected chi connectivity index (χ0v) is 18.4. The third-order valence-electron chi connectivity index (χ3n) is 5.62. The highest BCUT2D eigenvalue weighted by Crippen LogP contribution is 2.40. The van der Waals surface area contributed by atoms with E-state index in [0.717, 1.165) is 29.7 Å². The molecule has 1 saturated carbocycles. The zero-order valence-electron chi connectivity index (χ0n) is 18.4. The maximum Gasteiger partial charge on any atom is 0.404 e. The first kappa shape index (κ1) is 22.4. The summed E-state index contributed by atoms with van der Waals surface area (Å²) in [6.07, 6.45) is 3.99. The monoisotopic (exact) mass is 448 g/mol. The van der Waals surface area contributed by atoms with Gasteiger partial charge in [-0.3, -0.25) is 9.78 Å². The lowest BCUT2D eigenvalue weighted by atomic mass is 9.98. The molecule has 8 heteroatoms. The maximum atomic E-state index is 14.5. The van der Waals surface area contributed by atoms with Crippen molar-refractivity contribution in [2.75, 3.05) is 0 Å². The lowest BCUT2D eigenvalue weighted by Gasteiger charge is -2.19. The standard InChI is InChI=1S/C25H25FN4O3/c1-14-5-6-27-21(8-14)22(17-3-4-17)30-24(31)19-10-16(13-29-25(32)33)9-18(11-19)20-7-15(2)12-28-23(20)26/h5-12,17,22,29H,3-4,13H2,1-2H3,(H,30,31)(H,32,33). The summed E-state index contributed by atoms with van der Waals surface area (Å²) in [4.78, 5) is 32.5. The minimum Gasteiger partial charge on any atom is -0.465 e. The number of amides is 2. The number of halogens is 1. The molecule has 2 heterocycles. The first-order valence-electron chi connectivity index (χ1n) is 10.8. The number of nitrogens with zero attached hydrogens (tertiary/aromatic N) is 2. The van der Waals surface area contributed by atoms with Gasteiger partial charge in [-0.05, 0) is 91.3 Å². The molecule has 0 radical (unpaired) electrons. The Kier molecular flexibility index (Phi) is 6.35. The average Bonchev–Trinajstić information content (AvgIpc) is 3.62. The topological polar surface area (TPSA) is 104 Å². The summed E-state index contributed by atoms with van der Waals surface area (Å²) in [5.41, 5.74) is 4.20. The Morgan fingerprint density at radius 1 is 1.12 bits per heavy atom. The van der Waals surface area contributed by atoms with Gasteiger partial charge in [0.15, 0.2) is 0 Å². The minimum absolute atomic E-state index is 0.0180. The smallest absolute Gasteiger partial charge is 0.404 e. The van der Waals surface area contributed by atoms with Gasteiger partial charge in [0.05, 0.1) is 11.7 Å². The van der Waals surface area contributed by atoms with E-state index in [1.54, 1.807) is 37.4 Å². The molecule has 2 amide bonds. The first-order valence-corrected chi connectivity index (χ1v) is 10.8. The summed E-state index contributed by atoms with van der Waals surface area (Å²) in [6, 6.07) is 10.2. The quantitative estimate of drug-likeness (QED) is 0.460. The highest BCUT2D eigenvalue weighted by molar-refractivity contribution is 5.96. The number of aryl methyl sites for hydroxylation is 2. The highest BCUT2D eigenvalue weighted by atomic mass is 19.1. The molecular formula is C25H25FN4O3. The van der Waals surface area contributed by atoms with Crippen molar-refractivity contribution in [3.05, 3.63) is 82.7 Å². The van der Waals surface area contributed by atoms with E-state index in [0.29, 0.717) is 22.6 Å². The van der Waals surface area contributed by atoms with E-state index < -0.39 is 12.0 Å². The van der Waals surface area contributed by atoms with Crippen LogP contribution in [0.25, 0.3) is 11.1 Å². The van der Waals surface area contributed by atoms with Crippen LogP contribution in [-0.2, 0) is 6.54 Å². The van der Waals surface area contributed by atoms with E-state index in [1.807, 2.05) is 19.1 Å². The molecule has 0 saturated heterocycles. The number of hydrogen-bond acceptors (Lipinski definition) is 4. The molecule has 1 aliphatic rings. The van der Waals surface area contributed by atoms with Gasteiger partial charge in [0.1, 0.15) is 0 Å². The molecule has 3 aromatic rings. The molecule has 1 aromatic carbocycles. The molecular weight excluding hydrogens is 423 g/mol. The second-order valence-corrected chi connectivity index (χ2v) is 8.47. The Morgan fingerprint density at radius 2 is 1.91 bits per heavy atom. The van der Waals surface area contributed by atoms with Crippen LogP contribution in [-0.4, -0.2) is 27.1 Å². The van der Waals surface area contributed by atoms with Crippen LogP contribution in [0.1, 0.15) is 51.6 Å². The Bertz CT molecular complexity index is 1210. The van der Waals surface area contributed by atoms with Gasteiger partial charge in [0.25, 0.3) is 5.91 Å². The molecule has 0 bridgehead atoms. The van der Waals surface area contributed by atoms with Crippen molar-refractivity contribution in [1.29, 1.82) is 0 Å². The molecule has 33 heavy (non-hydrogen) atoms. The van der Waals surface area contributed by atoms with Gasteiger partial charge in [-0.25, -0.2) is 9.78 Å². The Morgan fingerprint density at radius 3 is 2.61 bits per heavy atom. The number of nitrogens with one attached hydrogen (secondary N) is 2. The Labute approximate surface area is 191 Å². The van der Waals surface area contributed by atoms with Crippen LogP contribution in [0, 0.1) is 25.7 Å². The molecule has 1 atom stereocenters. The van der Waals surface area contributed by atoms with Crippen molar-refractivity contribution in [2.45, 2.75) is 39.3 Å². The van der Waals surface area contributed by atoms with Crippen LogP contribution >= 0.6 is 0 Å². The number of carboxylic acid groups (broad SMARTS) is 1. The van der Waals surface area contributed by atoms with Gasteiger partial charge in [-0.1, -0.05) is 0 Å². The summed E-state index contributed by atoms with van der Waals surface area (Å²) in [5.74, 6) is -0.664. The Hall–Kier alpha value is -3.81. The number of carbonyl (C=O) groups excluding carboxylic acids is 1. The minimum atomic E-state index is -1.19. The normalized spacial score (nSPS) is 13.9. The van der Waals surface area contributed by atoms with Crippen LogP contribution < -0.4 is 10.6 Å². The summed E-state index contributed by atoms with van der Waals surface area (Å²) >= 11 is 0. The SMILES string of the molecule is Cc1ccnc(C(NC(=O)c2cc(CNC(=O)O)cc(-c3cc(C)cnc3F)c2)C2CC2)c1. The largest absolute Gasteiger partial charge is 0.465 e. The fourth-order valence-electron chi connectivity index (χ4n) is 3.83. The average molecular weight is 448 g/mol. The van der Waals surface area contributed by atoms with Crippen molar-refractivity contribution in [1.82, 2.24) is 20.6 Å². The first-order chi connectivity index (χ1) is 15.8. The van der Waals surface area contributed by atoms with Crippen molar-refractivity contribution >= 4 is 12.0 Å². The summed E-state index contributed by atoms with van der Waals surface area (Å²) in [6.45, 7) is 3.76. The van der Waals surface area contributed by atoms with Crippen molar-refractivity contribution in [3.8, 4) is 11.1 Å². The van der Waals surface area contributed by atoms with E-state index in [-0.39, 0.29) is 24.1 Å². The van der Waals surface area contributed by atoms with E-state index in [1.165, 1.54) is 6.20 Å². The predicted molar refractivity (Wildman–Crippen MR) is 121 cm³/mol. The number of hydrogen-bond donors (Lipinski definition) is 3. The summed E-state index contributed by atoms with van der Waals surface area (Å²) in [5, 5.41) is 14.4. The molecule has 1 unspecified atom stereocenters. The second kappa shape index (κ2) is 9.36. The third-order valence-corrected chi connectivity index (χ3v) is 5.62. The molecule has 0 spiro atoms. The van der Waals surface area contributed by atoms with Crippen LogP contribution in [0.4, 0.5) is 9.18 Å².